The zero-order valence-corrected chi connectivity index (χ0v) is 14.7. The molecule has 2 aliphatic heterocycles. The summed E-state index contributed by atoms with van der Waals surface area (Å²) in [7, 11) is 0. The van der Waals surface area contributed by atoms with Crippen molar-refractivity contribution in [3.8, 4) is 11.3 Å². The first-order chi connectivity index (χ1) is 12.3. The molecule has 1 aromatic heterocycles. The Labute approximate surface area is 148 Å². The molecule has 5 rings (SSSR count). The van der Waals surface area contributed by atoms with Gasteiger partial charge in [0.1, 0.15) is 5.82 Å². The smallest absolute Gasteiger partial charge is 0.225 e. The Balaban J connectivity index is 1.36. The van der Waals surface area contributed by atoms with Gasteiger partial charge in [0, 0.05) is 31.0 Å². The third kappa shape index (κ3) is 2.34. The average molecular weight is 335 g/mol. The van der Waals surface area contributed by atoms with E-state index in [4.69, 9.17) is 4.98 Å². The second kappa shape index (κ2) is 5.72. The molecule has 1 saturated carbocycles. The van der Waals surface area contributed by atoms with Crippen molar-refractivity contribution in [3.05, 3.63) is 42.4 Å². The lowest BCUT2D eigenvalue weighted by Crippen LogP contribution is -2.47. The van der Waals surface area contributed by atoms with Gasteiger partial charge in [0.15, 0.2) is 0 Å². The Morgan fingerprint density at radius 3 is 2.44 bits per heavy atom. The molecule has 3 heterocycles. The highest BCUT2D eigenvalue weighted by Gasteiger charge is 2.45. The molecule has 4 heteroatoms. The maximum atomic E-state index is 12.5. The highest BCUT2D eigenvalue weighted by molar-refractivity contribution is 5.79. The van der Waals surface area contributed by atoms with Gasteiger partial charge in [-0.2, -0.15) is 0 Å². The predicted octanol–water partition coefficient (Wildman–Crippen LogP) is 3.61. The minimum absolute atomic E-state index is 0.184. The van der Waals surface area contributed by atoms with Crippen LogP contribution in [0.1, 0.15) is 44.3 Å². The Bertz CT molecular complexity index is 783. The summed E-state index contributed by atoms with van der Waals surface area (Å²) in [5, 5.41) is 0. The van der Waals surface area contributed by atoms with Gasteiger partial charge in [-0.1, -0.05) is 36.8 Å². The summed E-state index contributed by atoms with van der Waals surface area (Å²) in [6.45, 7) is 2.86. The fraction of sp³-hybridized carbons (Fsp3) is 0.524. The summed E-state index contributed by atoms with van der Waals surface area (Å²) >= 11 is 0. The highest BCUT2D eigenvalue weighted by Crippen LogP contribution is 2.45. The van der Waals surface area contributed by atoms with Crippen LogP contribution >= 0.6 is 0 Å². The number of likely N-dealkylation sites (tertiary alicyclic amines) is 1. The number of aromatic nitrogens is 2. The van der Waals surface area contributed by atoms with Gasteiger partial charge in [0.05, 0.1) is 11.9 Å². The fourth-order valence-electron chi connectivity index (χ4n) is 4.84. The number of hydrogen-bond donors (Lipinski definition) is 0. The zero-order chi connectivity index (χ0) is 16.9. The molecular weight excluding hydrogens is 310 g/mol. The number of benzene rings is 1. The van der Waals surface area contributed by atoms with Crippen molar-refractivity contribution in [1.82, 2.24) is 14.5 Å². The molecule has 1 amide bonds. The van der Waals surface area contributed by atoms with Crippen LogP contribution in [0.25, 0.3) is 11.3 Å². The number of piperidine rings is 1. The number of fused-ring (bicyclic) bond motifs is 2. The molecule has 25 heavy (non-hydrogen) atoms. The molecule has 0 radical (unpaired) electrons. The highest BCUT2D eigenvalue weighted by atomic mass is 16.2. The van der Waals surface area contributed by atoms with E-state index >= 15 is 0 Å². The van der Waals surface area contributed by atoms with Gasteiger partial charge >= 0.3 is 0 Å². The zero-order valence-electron chi connectivity index (χ0n) is 14.7. The van der Waals surface area contributed by atoms with Gasteiger partial charge in [0.2, 0.25) is 5.91 Å². The second-order valence-corrected chi connectivity index (χ2v) is 7.97. The van der Waals surface area contributed by atoms with E-state index in [0.717, 1.165) is 45.3 Å². The summed E-state index contributed by atoms with van der Waals surface area (Å²) in [5.41, 5.74) is 2.67. The minimum Gasteiger partial charge on any atom is -0.342 e. The Morgan fingerprint density at radius 2 is 1.76 bits per heavy atom. The summed E-state index contributed by atoms with van der Waals surface area (Å²) in [4.78, 5) is 19.5. The minimum atomic E-state index is 0.184. The van der Waals surface area contributed by atoms with Crippen LogP contribution in [0.2, 0.25) is 0 Å². The van der Waals surface area contributed by atoms with Crippen molar-refractivity contribution in [3.63, 3.8) is 0 Å². The van der Waals surface area contributed by atoms with Crippen LogP contribution in [-0.2, 0) is 16.8 Å². The lowest BCUT2D eigenvalue weighted by atomic mass is 9.76. The largest absolute Gasteiger partial charge is 0.342 e. The van der Waals surface area contributed by atoms with E-state index < -0.39 is 0 Å². The van der Waals surface area contributed by atoms with Crippen molar-refractivity contribution in [2.45, 2.75) is 50.5 Å². The van der Waals surface area contributed by atoms with Crippen LogP contribution in [0.4, 0.5) is 0 Å². The number of amides is 1. The van der Waals surface area contributed by atoms with Gasteiger partial charge in [-0.05, 0) is 37.7 Å². The topological polar surface area (TPSA) is 38.1 Å². The Morgan fingerprint density at radius 1 is 1.04 bits per heavy atom. The molecule has 0 atom stereocenters. The third-order valence-corrected chi connectivity index (χ3v) is 6.70. The van der Waals surface area contributed by atoms with E-state index in [1.165, 1.54) is 29.9 Å². The van der Waals surface area contributed by atoms with E-state index in [2.05, 4.69) is 39.8 Å². The molecular formula is C21H25N3O. The molecule has 1 aromatic carbocycles. The molecule has 0 N–H and O–H groups in total. The lowest BCUT2D eigenvalue weighted by molar-refractivity contribution is -0.139. The van der Waals surface area contributed by atoms with Crippen LogP contribution in [0.5, 0.6) is 0 Å². The molecule has 2 aromatic rings. The van der Waals surface area contributed by atoms with Gasteiger partial charge in [-0.25, -0.2) is 4.98 Å². The Hall–Kier alpha value is -2.10. The maximum absolute atomic E-state index is 12.5. The molecule has 130 valence electrons. The maximum Gasteiger partial charge on any atom is 0.225 e. The van der Waals surface area contributed by atoms with E-state index in [9.17, 15) is 4.79 Å². The van der Waals surface area contributed by atoms with Crippen molar-refractivity contribution in [1.29, 1.82) is 0 Å². The molecule has 0 unspecified atom stereocenters. The molecule has 2 fully saturated rings. The van der Waals surface area contributed by atoms with Crippen molar-refractivity contribution in [2.75, 3.05) is 13.1 Å². The SMILES string of the molecule is O=C(C1CCC1)N1CCC2(CC1)CCn1c(-c3ccccc3)cnc12. The van der Waals surface area contributed by atoms with Crippen LogP contribution in [0, 0.1) is 5.92 Å². The summed E-state index contributed by atoms with van der Waals surface area (Å²) in [6.07, 6.45) is 8.77. The van der Waals surface area contributed by atoms with Crippen molar-refractivity contribution >= 4 is 5.91 Å². The molecule has 1 spiro atoms. The van der Waals surface area contributed by atoms with Crippen LogP contribution < -0.4 is 0 Å². The summed E-state index contributed by atoms with van der Waals surface area (Å²) in [6, 6.07) is 10.6. The van der Waals surface area contributed by atoms with E-state index in [0.29, 0.717) is 11.8 Å². The molecule has 0 bridgehead atoms. The molecule has 1 aliphatic carbocycles. The number of carbonyl (C=O) groups excluding carboxylic acids is 1. The molecule has 3 aliphatic rings. The van der Waals surface area contributed by atoms with Gasteiger partial charge in [0.25, 0.3) is 0 Å². The van der Waals surface area contributed by atoms with Crippen molar-refractivity contribution in [2.24, 2.45) is 5.92 Å². The number of carbonyl (C=O) groups is 1. The average Bonchev–Trinajstić information content (AvgIpc) is 3.17. The quantitative estimate of drug-likeness (QED) is 0.841. The first-order valence-corrected chi connectivity index (χ1v) is 9.67. The van der Waals surface area contributed by atoms with Crippen LogP contribution in [0.15, 0.2) is 36.5 Å². The van der Waals surface area contributed by atoms with E-state index in [1.54, 1.807) is 0 Å². The number of hydrogen-bond acceptors (Lipinski definition) is 2. The van der Waals surface area contributed by atoms with Crippen LogP contribution in [-0.4, -0.2) is 33.4 Å². The fourth-order valence-corrected chi connectivity index (χ4v) is 4.84. The number of imidazole rings is 1. The Kier molecular flexibility index (Phi) is 3.47. The van der Waals surface area contributed by atoms with Gasteiger partial charge in [-0.15, -0.1) is 0 Å². The standard InChI is InChI=1S/C21H25N3O/c25-19(17-7-4-8-17)23-12-9-21(10-13-23)11-14-24-18(15-22-20(21)24)16-5-2-1-3-6-16/h1-3,5-6,15,17H,4,7-14H2. The third-order valence-electron chi connectivity index (χ3n) is 6.70. The lowest BCUT2D eigenvalue weighted by Gasteiger charge is -2.40. The predicted molar refractivity (Wildman–Crippen MR) is 97.1 cm³/mol. The van der Waals surface area contributed by atoms with E-state index in [-0.39, 0.29) is 5.41 Å². The van der Waals surface area contributed by atoms with Gasteiger partial charge < -0.3 is 9.47 Å². The van der Waals surface area contributed by atoms with Crippen LogP contribution in [0.3, 0.4) is 0 Å². The second-order valence-electron chi connectivity index (χ2n) is 7.97. The molecule has 1 saturated heterocycles. The monoisotopic (exact) mass is 335 g/mol. The first-order valence-electron chi connectivity index (χ1n) is 9.67. The van der Waals surface area contributed by atoms with Crippen molar-refractivity contribution < 1.29 is 4.79 Å². The molecule has 4 nitrogen and oxygen atoms in total. The first kappa shape index (κ1) is 15.2. The summed E-state index contributed by atoms with van der Waals surface area (Å²) in [5.74, 6) is 1.99. The summed E-state index contributed by atoms with van der Waals surface area (Å²) < 4.78 is 2.42. The van der Waals surface area contributed by atoms with Gasteiger partial charge in [-0.3, -0.25) is 4.79 Å². The van der Waals surface area contributed by atoms with E-state index in [1.807, 2.05) is 6.20 Å². The number of nitrogens with zero attached hydrogens (tertiary/aromatic N) is 3. The number of rotatable bonds is 2. The normalized spacial score (nSPS) is 22.0.